The lowest BCUT2D eigenvalue weighted by atomic mass is 10.00. The van der Waals surface area contributed by atoms with Gasteiger partial charge in [0.05, 0.1) is 5.56 Å². The van der Waals surface area contributed by atoms with Crippen molar-refractivity contribution >= 4 is 21.4 Å². The summed E-state index contributed by atoms with van der Waals surface area (Å²) in [6, 6.07) is 8.31. The number of nitrogens with zero attached hydrogens (tertiary/aromatic N) is 1. The molecule has 0 aliphatic rings. The molecule has 2 rings (SSSR count). The Balaban J connectivity index is 1.88. The molecule has 0 amide bonds. The topological polar surface area (TPSA) is 60.3 Å². The predicted octanol–water partition coefficient (Wildman–Crippen LogP) is 5.57. The van der Waals surface area contributed by atoms with Crippen LogP contribution in [-0.2, 0) is 29.3 Å². The SMILES string of the molecule is CCCCC(CC)CNS(=O)(=O)c1ccc(C[N]Cc2cccc(C(F)(F)F)c2)s1. The first-order chi connectivity index (χ1) is 14.2. The first-order valence-electron chi connectivity index (χ1n) is 10.0. The number of sulfonamides is 1. The van der Waals surface area contributed by atoms with Crippen molar-refractivity contribution in [3.63, 3.8) is 0 Å². The minimum Gasteiger partial charge on any atom is -0.231 e. The molecule has 0 fully saturated rings. The van der Waals surface area contributed by atoms with Crippen LogP contribution >= 0.6 is 11.3 Å². The van der Waals surface area contributed by atoms with Crippen LogP contribution in [-0.4, -0.2) is 15.0 Å². The van der Waals surface area contributed by atoms with Gasteiger partial charge in [-0.25, -0.2) is 18.5 Å². The van der Waals surface area contributed by atoms with E-state index in [2.05, 4.69) is 23.9 Å². The molecule has 4 nitrogen and oxygen atoms in total. The average Bonchev–Trinajstić information content (AvgIpc) is 3.18. The third-order valence-electron chi connectivity index (χ3n) is 4.82. The van der Waals surface area contributed by atoms with Gasteiger partial charge in [-0.3, -0.25) is 0 Å². The molecule has 2 aromatic rings. The summed E-state index contributed by atoms with van der Waals surface area (Å²) in [5.41, 5.74) is -0.233. The molecule has 1 heterocycles. The van der Waals surface area contributed by atoms with Gasteiger partial charge >= 0.3 is 6.18 Å². The van der Waals surface area contributed by atoms with E-state index in [1.54, 1.807) is 18.2 Å². The highest BCUT2D eigenvalue weighted by Crippen LogP contribution is 2.29. The van der Waals surface area contributed by atoms with Crippen molar-refractivity contribution in [2.45, 2.75) is 63.0 Å². The van der Waals surface area contributed by atoms with E-state index in [1.807, 2.05) is 0 Å². The molecule has 1 unspecified atom stereocenters. The molecule has 0 saturated carbocycles. The van der Waals surface area contributed by atoms with Crippen molar-refractivity contribution in [2.75, 3.05) is 6.54 Å². The number of halogens is 3. The number of nitrogens with one attached hydrogen (secondary N) is 1. The second kappa shape index (κ2) is 11.3. The van der Waals surface area contributed by atoms with Crippen molar-refractivity contribution in [1.29, 1.82) is 0 Å². The molecular weight excluding hydrogens is 433 g/mol. The van der Waals surface area contributed by atoms with Crippen LogP contribution in [0.4, 0.5) is 13.2 Å². The van der Waals surface area contributed by atoms with Gasteiger partial charge in [0.2, 0.25) is 10.0 Å². The van der Waals surface area contributed by atoms with E-state index in [0.29, 0.717) is 18.0 Å². The summed E-state index contributed by atoms with van der Waals surface area (Å²) in [6.07, 6.45) is -0.294. The van der Waals surface area contributed by atoms with E-state index in [0.717, 1.165) is 54.0 Å². The van der Waals surface area contributed by atoms with Gasteiger partial charge in [-0.05, 0) is 36.1 Å². The smallest absolute Gasteiger partial charge is 0.231 e. The lowest BCUT2D eigenvalue weighted by Crippen LogP contribution is -2.28. The zero-order valence-electron chi connectivity index (χ0n) is 17.2. The molecule has 1 aromatic carbocycles. The lowest BCUT2D eigenvalue weighted by Gasteiger charge is -2.14. The van der Waals surface area contributed by atoms with E-state index in [-0.39, 0.29) is 17.3 Å². The van der Waals surface area contributed by atoms with Crippen LogP contribution in [0, 0.1) is 5.92 Å². The predicted molar refractivity (Wildman–Crippen MR) is 114 cm³/mol. The molecule has 9 heteroatoms. The number of hydrogen-bond acceptors (Lipinski definition) is 3. The largest absolute Gasteiger partial charge is 0.416 e. The zero-order valence-corrected chi connectivity index (χ0v) is 18.8. The average molecular weight is 462 g/mol. The maximum atomic E-state index is 12.8. The van der Waals surface area contributed by atoms with Gasteiger partial charge < -0.3 is 0 Å². The Bertz CT molecular complexity index is 896. The Kier molecular flexibility index (Phi) is 9.33. The van der Waals surface area contributed by atoms with Crippen molar-refractivity contribution in [1.82, 2.24) is 10.0 Å². The monoisotopic (exact) mass is 461 g/mol. The fourth-order valence-electron chi connectivity index (χ4n) is 2.97. The standard InChI is InChI=1S/C21H28F3N2O2S2/c1-3-5-7-16(4-2)14-26-30(27,28)20-11-10-19(29-20)15-25-13-17-8-6-9-18(12-17)21(22,23)24/h6,8-12,16,26H,3-5,7,13-15H2,1-2H3. The summed E-state index contributed by atoms with van der Waals surface area (Å²) in [7, 11) is -3.57. The second-order valence-corrected chi connectivity index (χ2v) is 10.4. The maximum absolute atomic E-state index is 12.8. The number of unbranched alkanes of at least 4 members (excludes halogenated alkanes) is 1. The third kappa shape index (κ3) is 7.68. The molecule has 0 aliphatic heterocycles. The summed E-state index contributed by atoms with van der Waals surface area (Å²) in [5, 5.41) is 4.28. The summed E-state index contributed by atoms with van der Waals surface area (Å²) in [5.74, 6) is 0.321. The summed E-state index contributed by atoms with van der Waals surface area (Å²) in [4.78, 5) is 0.750. The Morgan fingerprint density at radius 2 is 1.90 bits per heavy atom. The molecule has 0 saturated heterocycles. The van der Waals surface area contributed by atoms with Gasteiger partial charge in [0, 0.05) is 24.5 Å². The highest BCUT2D eigenvalue weighted by molar-refractivity contribution is 7.91. The van der Waals surface area contributed by atoms with Crippen LogP contribution < -0.4 is 10.0 Å². The summed E-state index contributed by atoms with van der Waals surface area (Å²) < 4.78 is 66.3. The molecule has 30 heavy (non-hydrogen) atoms. The molecule has 0 spiro atoms. The first kappa shape index (κ1) is 24.8. The molecular formula is C21H28F3N2O2S2. The number of thiophene rings is 1. The zero-order chi connectivity index (χ0) is 22.2. The first-order valence-corrected chi connectivity index (χ1v) is 12.3. The van der Waals surface area contributed by atoms with Crippen molar-refractivity contribution in [3.8, 4) is 0 Å². The number of rotatable bonds is 12. The van der Waals surface area contributed by atoms with Crippen LogP contribution in [0.15, 0.2) is 40.6 Å². The van der Waals surface area contributed by atoms with E-state index in [9.17, 15) is 21.6 Å². The van der Waals surface area contributed by atoms with E-state index in [4.69, 9.17) is 0 Å². The third-order valence-corrected chi connectivity index (χ3v) is 7.81. The molecule has 0 aliphatic carbocycles. The normalized spacial score (nSPS) is 13.5. The second-order valence-electron chi connectivity index (χ2n) is 7.23. The maximum Gasteiger partial charge on any atom is 0.416 e. The van der Waals surface area contributed by atoms with Crippen LogP contribution in [0.2, 0.25) is 0 Å². The molecule has 1 aromatic heterocycles. The number of alkyl halides is 3. The number of hydrogen-bond donors (Lipinski definition) is 1. The molecule has 0 bridgehead atoms. The highest BCUT2D eigenvalue weighted by atomic mass is 32.2. The Morgan fingerprint density at radius 1 is 1.13 bits per heavy atom. The molecule has 1 atom stereocenters. The molecule has 167 valence electrons. The van der Waals surface area contributed by atoms with Gasteiger partial charge in [0.1, 0.15) is 4.21 Å². The van der Waals surface area contributed by atoms with Gasteiger partial charge in [0.15, 0.2) is 0 Å². The minimum absolute atomic E-state index is 0.137. The van der Waals surface area contributed by atoms with E-state index >= 15 is 0 Å². The van der Waals surface area contributed by atoms with Gasteiger partial charge in [-0.1, -0.05) is 51.3 Å². The Labute approximate surface area is 181 Å². The van der Waals surface area contributed by atoms with Gasteiger partial charge in [0.25, 0.3) is 0 Å². The summed E-state index contributed by atoms with van der Waals surface area (Å²) >= 11 is 1.14. The van der Waals surface area contributed by atoms with Crippen molar-refractivity contribution in [3.05, 3.63) is 52.4 Å². The highest BCUT2D eigenvalue weighted by Gasteiger charge is 2.30. The van der Waals surface area contributed by atoms with E-state index in [1.165, 1.54) is 6.07 Å². The van der Waals surface area contributed by atoms with Gasteiger partial charge in [-0.15, -0.1) is 11.3 Å². The molecule has 1 radical (unpaired) electrons. The fraction of sp³-hybridized carbons (Fsp3) is 0.524. The van der Waals surface area contributed by atoms with Crippen LogP contribution in [0.25, 0.3) is 0 Å². The molecule has 1 N–H and O–H groups in total. The lowest BCUT2D eigenvalue weighted by molar-refractivity contribution is -0.137. The van der Waals surface area contributed by atoms with E-state index < -0.39 is 21.8 Å². The Morgan fingerprint density at radius 3 is 2.57 bits per heavy atom. The van der Waals surface area contributed by atoms with Crippen LogP contribution in [0.1, 0.15) is 55.5 Å². The van der Waals surface area contributed by atoms with Crippen LogP contribution in [0.3, 0.4) is 0 Å². The number of benzene rings is 1. The van der Waals surface area contributed by atoms with Crippen molar-refractivity contribution < 1.29 is 21.6 Å². The minimum atomic E-state index is -4.38. The van der Waals surface area contributed by atoms with Crippen molar-refractivity contribution in [2.24, 2.45) is 5.92 Å². The quantitative estimate of drug-likeness (QED) is 0.449. The van der Waals surface area contributed by atoms with Gasteiger partial charge in [-0.2, -0.15) is 13.2 Å². The summed E-state index contributed by atoms with van der Waals surface area (Å²) in [6.45, 7) is 4.99. The fourth-order valence-corrected chi connectivity index (χ4v) is 5.44. The van der Waals surface area contributed by atoms with Crippen LogP contribution in [0.5, 0.6) is 0 Å². The Hall–Kier alpha value is -1.42.